The Morgan fingerprint density at radius 3 is 2.90 bits per heavy atom. The average Bonchev–Trinajstić information content (AvgIpc) is 2.59. The Hall–Kier alpha value is -0.560. The molecular formula is C19H35N. The third-order valence-corrected chi connectivity index (χ3v) is 4.35. The summed E-state index contributed by atoms with van der Waals surface area (Å²) < 4.78 is 0. The fourth-order valence-corrected chi connectivity index (χ4v) is 3.22. The summed E-state index contributed by atoms with van der Waals surface area (Å²) in [7, 11) is 0. The number of hydrogen-bond donors (Lipinski definition) is 1. The highest BCUT2D eigenvalue weighted by Gasteiger charge is 2.12. The third kappa shape index (κ3) is 7.28. The smallest absolute Gasteiger partial charge is 0.0137 e. The highest BCUT2D eigenvalue weighted by atomic mass is 14.8. The Kier molecular flexibility index (Phi) is 8.93. The fourth-order valence-electron chi connectivity index (χ4n) is 3.22. The van der Waals surface area contributed by atoms with Crippen LogP contribution in [0.3, 0.4) is 0 Å². The van der Waals surface area contributed by atoms with Crippen LogP contribution in [0, 0.1) is 11.8 Å². The number of hydrogen-bond acceptors (Lipinski definition) is 1. The van der Waals surface area contributed by atoms with Gasteiger partial charge >= 0.3 is 0 Å². The monoisotopic (exact) mass is 277 g/mol. The molecule has 1 rings (SSSR count). The van der Waals surface area contributed by atoms with Gasteiger partial charge in [0.2, 0.25) is 0 Å². The number of nitrogens with one attached hydrogen (secondary N) is 1. The van der Waals surface area contributed by atoms with Crippen molar-refractivity contribution in [2.75, 3.05) is 13.1 Å². The SMILES string of the molecule is CCC=C(CCCCC1CCNCC=C1C)CC(C)C. The predicted molar refractivity (Wildman–Crippen MR) is 91.0 cm³/mol. The summed E-state index contributed by atoms with van der Waals surface area (Å²) in [6.07, 6.45) is 14.1. The number of rotatable bonds is 8. The zero-order chi connectivity index (χ0) is 14.8. The van der Waals surface area contributed by atoms with Crippen molar-refractivity contribution < 1.29 is 0 Å². The van der Waals surface area contributed by atoms with Crippen molar-refractivity contribution in [1.29, 1.82) is 0 Å². The molecule has 1 N–H and O–H groups in total. The van der Waals surface area contributed by atoms with Crippen molar-refractivity contribution in [2.45, 2.75) is 72.6 Å². The maximum atomic E-state index is 3.47. The van der Waals surface area contributed by atoms with Gasteiger partial charge in [-0.05, 0) is 63.8 Å². The summed E-state index contributed by atoms with van der Waals surface area (Å²) in [5.41, 5.74) is 3.30. The minimum Gasteiger partial charge on any atom is -0.313 e. The third-order valence-electron chi connectivity index (χ3n) is 4.35. The van der Waals surface area contributed by atoms with Crippen molar-refractivity contribution in [3.63, 3.8) is 0 Å². The first-order valence-electron chi connectivity index (χ1n) is 8.68. The Morgan fingerprint density at radius 2 is 2.20 bits per heavy atom. The van der Waals surface area contributed by atoms with E-state index in [9.17, 15) is 0 Å². The van der Waals surface area contributed by atoms with E-state index >= 15 is 0 Å². The van der Waals surface area contributed by atoms with Crippen molar-refractivity contribution in [2.24, 2.45) is 11.8 Å². The van der Waals surface area contributed by atoms with E-state index in [4.69, 9.17) is 0 Å². The van der Waals surface area contributed by atoms with Crippen LogP contribution in [0.4, 0.5) is 0 Å². The molecule has 0 saturated carbocycles. The molecule has 1 atom stereocenters. The maximum Gasteiger partial charge on any atom is 0.0137 e. The molecule has 1 heteroatoms. The van der Waals surface area contributed by atoms with Crippen molar-refractivity contribution in [3.8, 4) is 0 Å². The van der Waals surface area contributed by atoms with Crippen LogP contribution < -0.4 is 5.32 Å². The Bertz CT molecular complexity index is 312. The normalized spacial score (nSPS) is 20.9. The van der Waals surface area contributed by atoms with Gasteiger partial charge in [-0.15, -0.1) is 0 Å². The van der Waals surface area contributed by atoms with Crippen LogP contribution in [0.15, 0.2) is 23.3 Å². The van der Waals surface area contributed by atoms with Gasteiger partial charge in [0.15, 0.2) is 0 Å². The molecule has 116 valence electrons. The fraction of sp³-hybridized carbons (Fsp3) is 0.789. The van der Waals surface area contributed by atoms with Crippen LogP contribution in [0.1, 0.15) is 72.6 Å². The van der Waals surface area contributed by atoms with Crippen LogP contribution in [0.5, 0.6) is 0 Å². The molecule has 0 aromatic heterocycles. The summed E-state index contributed by atoms with van der Waals surface area (Å²) in [6.45, 7) is 11.5. The Labute approximate surface area is 126 Å². The van der Waals surface area contributed by atoms with Gasteiger partial charge < -0.3 is 5.32 Å². The predicted octanol–water partition coefficient (Wildman–Crippen LogP) is 5.49. The van der Waals surface area contributed by atoms with Gasteiger partial charge in [-0.2, -0.15) is 0 Å². The van der Waals surface area contributed by atoms with E-state index in [1.807, 2.05) is 0 Å². The van der Waals surface area contributed by atoms with Crippen molar-refractivity contribution in [1.82, 2.24) is 5.32 Å². The standard InChI is InChI=1S/C19H35N/c1-5-8-18(15-16(2)3)9-6-7-10-19-12-14-20-13-11-17(19)4/h8,11,16,19-20H,5-7,9-10,12-15H2,1-4H3. The van der Waals surface area contributed by atoms with Gasteiger partial charge in [-0.25, -0.2) is 0 Å². The lowest BCUT2D eigenvalue weighted by atomic mass is 9.90. The van der Waals surface area contributed by atoms with Crippen molar-refractivity contribution in [3.05, 3.63) is 23.3 Å². The van der Waals surface area contributed by atoms with E-state index in [-0.39, 0.29) is 0 Å². The zero-order valence-electron chi connectivity index (χ0n) is 14.2. The second kappa shape index (κ2) is 10.2. The van der Waals surface area contributed by atoms with Crippen molar-refractivity contribution >= 4 is 0 Å². The van der Waals surface area contributed by atoms with Gasteiger partial charge in [0.25, 0.3) is 0 Å². The molecule has 1 unspecified atom stereocenters. The minimum absolute atomic E-state index is 0.797. The summed E-state index contributed by atoms with van der Waals surface area (Å²) in [4.78, 5) is 0. The van der Waals surface area contributed by atoms with E-state index in [1.165, 1.54) is 51.5 Å². The summed E-state index contributed by atoms with van der Waals surface area (Å²) in [5.74, 6) is 1.62. The highest BCUT2D eigenvalue weighted by Crippen LogP contribution is 2.24. The lowest BCUT2D eigenvalue weighted by Crippen LogP contribution is -2.14. The Balaban J connectivity index is 2.27. The second-order valence-corrected chi connectivity index (χ2v) is 6.75. The molecule has 0 aromatic carbocycles. The van der Waals surface area contributed by atoms with Crippen LogP contribution in [-0.2, 0) is 0 Å². The maximum absolute atomic E-state index is 3.47. The van der Waals surface area contributed by atoms with Gasteiger partial charge in [0.1, 0.15) is 0 Å². The quantitative estimate of drug-likeness (QED) is 0.457. The molecule has 0 aromatic rings. The summed E-state index contributed by atoms with van der Waals surface area (Å²) in [5, 5.41) is 3.47. The number of allylic oxidation sites excluding steroid dienone is 3. The molecule has 1 aliphatic rings. The molecule has 1 nitrogen and oxygen atoms in total. The zero-order valence-corrected chi connectivity index (χ0v) is 14.2. The molecule has 0 spiro atoms. The molecule has 1 heterocycles. The van der Waals surface area contributed by atoms with Gasteiger partial charge in [0.05, 0.1) is 0 Å². The number of unbranched alkanes of at least 4 members (excludes halogenated alkanes) is 1. The Morgan fingerprint density at radius 1 is 1.40 bits per heavy atom. The molecule has 20 heavy (non-hydrogen) atoms. The molecule has 1 aliphatic heterocycles. The van der Waals surface area contributed by atoms with E-state index in [2.05, 4.69) is 45.2 Å². The second-order valence-electron chi connectivity index (χ2n) is 6.75. The minimum atomic E-state index is 0.797. The molecule has 0 radical (unpaired) electrons. The van der Waals surface area contributed by atoms with Gasteiger partial charge in [-0.3, -0.25) is 0 Å². The lowest BCUT2D eigenvalue weighted by Gasteiger charge is -2.16. The average molecular weight is 277 g/mol. The van der Waals surface area contributed by atoms with E-state index in [1.54, 1.807) is 11.1 Å². The first kappa shape index (κ1) is 17.5. The van der Waals surface area contributed by atoms with E-state index in [0.29, 0.717) is 0 Å². The summed E-state index contributed by atoms with van der Waals surface area (Å²) >= 11 is 0. The van der Waals surface area contributed by atoms with Gasteiger partial charge in [0, 0.05) is 6.54 Å². The molecular weight excluding hydrogens is 242 g/mol. The summed E-state index contributed by atoms with van der Waals surface area (Å²) in [6, 6.07) is 0. The van der Waals surface area contributed by atoms with Crippen LogP contribution in [-0.4, -0.2) is 13.1 Å². The highest BCUT2D eigenvalue weighted by molar-refractivity contribution is 5.06. The molecule has 0 fully saturated rings. The molecule has 0 aliphatic carbocycles. The molecule has 0 saturated heterocycles. The first-order chi connectivity index (χ1) is 9.63. The van der Waals surface area contributed by atoms with E-state index < -0.39 is 0 Å². The van der Waals surface area contributed by atoms with Crippen LogP contribution >= 0.6 is 0 Å². The molecule has 0 amide bonds. The largest absolute Gasteiger partial charge is 0.313 e. The van der Waals surface area contributed by atoms with Crippen LogP contribution in [0.25, 0.3) is 0 Å². The van der Waals surface area contributed by atoms with E-state index in [0.717, 1.165) is 18.4 Å². The molecule has 0 bridgehead atoms. The first-order valence-corrected chi connectivity index (χ1v) is 8.68. The lowest BCUT2D eigenvalue weighted by molar-refractivity contribution is 0.482. The van der Waals surface area contributed by atoms with Crippen LogP contribution in [0.2, 0.25) is 0 Å². The van der Waals surface area contributed by atoms with Gasteiger partial charge in [-0.1, -0.05) is 50.5 Å². The topological polar surface area (TPSA) is 12.0 Å².